The van der Waals surface area contributed by atoms with E-state index < -0.39 is 6.04 Å². The summed E-state index contributed by atoms with van der Waals surface area (Å²) in [7, 11) is 0. The number of aliphatic hydroxyl groups is 2. The highest BCUT2D eigenvalue weighted by Crippen LogP contribution is 2.14. The second-order valence-electron chi connectivity index (χ2n) is 4.12. The number of anilines is 1. The number of hydrogen-bond acceptors (Lipinski definition) is 5. The smallest absolute Gasteiger partial charge is 0.223 e. The lowest BCUT2D eigenvalue weighted by atomic mass is 10.1. The van der Waals surface area contributed by atoms with E-state index in [2.05, 4.69) is 29.1 Å². The first-order chi connectivity index (χ1) is 7.56. The molecule has 0 atom stereocenters. The zero-order chi connectivity index (χ0) is 12.1. The molecule has 0 unspecified atom stereocenters. The summed E-state index contributed by atoms with van der Waals surface area (Å²) in [6.07, 6.45) is 0. The SMILES string of the molecule is Cc1cc(C(C)C)nc(NC(CO)CO)n1. The Morgan fingerprint density at radius 3 is 2.38 bits per heavy atom. The Morgan fingerprint density at radius 1 is 1.25 bits per heavy atom. The summed E-state index contributed by atoms with van der Waals surface area (Å²) in [6.45, 7) is 5.71. The van der Waals surface area contributed by atoms with Crippen LogP contribution in [0.1, 0.15) is 31.2 Å². The fourth-order valence-electron chi connectivity index (χ4n) is 1.28. The molecule has 0 aliphatic rings. The predicted molar refractivity (Wildman–Crippen MR) is 62.4 cm³/mol. The highest BCUT2D eigenvalue weighted by atomic mass is 16.3. The van der Waals surface area contributed by atoms with E-state index in [1.54, 1.807) is 0 Å². The number of aromatic nitrogens is 2. The number of aliphatic hydroxyl groups excluding tert-OH is 2. The molecule has 0 saturated heterocycles. The van der Waals surface area contributed by atoms with Crippen molar-refractivity contribution in [2.75, 3.05) is 18.5 Å². The monoisotopic (exact) mass is 225 g/mol. The number of hydrogen-bond donors (Lipinski definition) is 3. The Hall–Kier alpha value is -1.20. The second kappa shape index (κ2) is 5.77. The van der Waals surface area contributed by atoms with Crippen LogP contribution in [-0.4, -0.2) is 39.4 Å². The molecule has 5 heteroatoms. The van der Waals surface area contributed by atoms with Crippen LogP contribution in [0.4, 0.5) is 5.95 Å². The largest absolute Gasteiger partial charge is 0.394 e. The van der Waals surface area contributed by atoms with Crippen LogP contribution in [0.25, 0.3) is 0 Å². The number of nitrogens with one attached hydrogen (secondary N) is 1. The van der Waals surface area contributed by atoms with Crippen LogP contribution in [0, 0.1) is 6.92 Å². The Bertz CT molecular complexity index is 338. The van der Waals surface area contributed by atoms with Gasteiger partial charge in [0, 0.05) is 11.4 Å². The minimum Gasteiger partial charge on any atom is -0.394 e. The van der Waals surface area contributed by atoms with E-state index in [4.69, 9.17) is 10.2 Å². The normalized spacial score (nSPS) is 11.2. The van der Waals surface area contributed by atoms with Gasteiger partial charge in [0.1, 0.15) is 0 Å². The molecule has 3 N–H and O–H groups in total. The lowest BCUT2D eigenvalue weighted by Crippen LogP contribution is -2.29. The van der Waals surface area contributed by atoms with Gasteiger partial charge in [-0.3, -0.25) is 0 Å². The molecule has 0 radical (unpaired) electrons. The number of aryl methyl sites for hydroxylation is 1. The molecule has 0 spiro atoms. The van der Waals surface area contributed by atoms with E-state index in [0.717, 1.165) is 11.4 Å². The third-order valence-electron chi connectivity index (χ3n) is 2.24. The van der Waals surface area contributed by atoms with Crippen LogP contribution in [-0.2, 0) is 0 Å². The molecule has 0 aliphatic heterocycles. The van der Waals surface area contributed by atoms with Crippen molar-refractivity contribution in [3.8, 4) is 0 Å². The third-order valence-corrected chi connectivity index (χ3v) is 2.24. The fourth-order valence-corrected chi connectivity index (χ4v) is 1.28. The lowest BCUT2D eigenvalue weighted by Gasteiger charge is -2.15. The summed E-state index contributed by atoms with van der Waals surface area (Å²) < 4.78 is 0. The predicted octanol–water partition coefficient (Wildman–Crippen LogP) is 0.674. The summed E-state index contributed by atoms with van der Waals surface area (Å²) in [5.74, 6) is 0.778. The minimum absolute atomic E-state index is 0.148. The maximum absolute atomic E-state index is 8.96. The molecule has 1 aromatic rings. The summed E-state index contributed by atoms with van der Waals surface area (Å²) in [4.78, 5) is 8.53. The maximum Gasteiger partial charge on any atom is 0.223 e. The molecule has 0 fully saturated rings. The Labute approximate surface area is 95.6 Å². The summed E-state index contributed by atoms with van der Waals surface area (Å²) in [5.41, 5.74) is 1.82. The first kappa shape index (κ1) is 12.9. The van der Waals surface area contributed by atoms with Crippen molar-refractivity contribution in [1.29, 1.82) is 0 Å². The van der Waals surface area contributed by atoms with Crippen LogP contribution in [0.5, 0.6) is 0 Å². The van der Waals surface area contributed by atoms with Crippen molar-refractivity contribution in [2.45, 2.75) is 32.7 Å². The lowest BCUT2D eigenvalue weighted by molar-refractivity contribution is 0.203. The van der Waals surface area contributed by atoms with Crippen molar-refractivity contribution < 1.29 is 10.2 Å². The second-order valence-corrected chi connectivity index (χ2v) is 4.12. The van der Waals surface area contributed by atoms with E-state index in [9.17, 15) is 0 Å². The molecule has 0 aromatic carbocycles. The average molecular weight is 225 g/mol. The van der Waals surface area contributed by atoms with E-state index in [0.29, 0.717) is 11.9 Å². The average Bonchev–Trinajstić information content (AvgIpc) is 2.25. The molecule has 1 rings (SSSR count). The summed E-state index contributed by atoms with van der Waals surface area (Å²) in [5, 5.41) is 20.8. The van der Waals surface area contributed by atoms with E-state index in [-0.39, 0.29) is 13.2 Å². The van der Waals surface area contributed by atoms with Crippen LogP contribution >= 0.6 is 0 Å². The zero-order valence-corrected chi connectivity index (χ0v) is 9.94. The van der Waals surface area contributed by atoms with E-state index in [1.807, 2.05) is 13.0 Å². The fraction of sp³-hybridized carbons (Fsp3) is 0.636. The molecule has 0 amide bonds. The van der Waals surface area contributed by atoms with Crippen molar-refractivity contribution >= 4 is 5.95 Å². The van der Waals surface area contributed by atoms with Crippen molar-refractivity contribution in [3.05, 3.63) is 17.5 Å². The molecule has 90 valence electrons. The molecular weight excluding hydrogens is 206 g/mol. The third kappa shape index (κ3) is 3.43. The standard InChI is InChI=1S/C11H19N3O2/c1-7(2)10-4-8(3)12-11(14-10)13-9(5-15)6-16/h4,7,9,15-16H,5-6H2,1-3H3,(H,12,13,14). The molecule has 1 aromatic heterocycles. The zero-order valence-electron chi connectivity index (χ0n) is 9.94. The first-order valence-corrected chi connectivity index (χ1v) is 5.40. The maximum atomic E-state index is 8.96. The van der Waals surface area contributed by atoms with Gasteiger partial charge in [0.2, 0.25) is 5.95 Å². The molecule has 0 saturated carbocycles. The van der Waals surface area contributed by atoms with Gasteiger partial charge in [-0.2, -0.15) is 0 Å². The minimum atomic E-state index is -0.415. The van der Waals surface area contributed by atoms with Crippen LogP contribution in [0.2, 0.25) is 0 Å². The van der Waals surface area contributed by atoms with Gasteiger partial charge in [0.15, 0.2) is 0 Å². The Balaban J connectivity index is 2.87. The van der Waals surface area contributed by atoms with Gasteiger partial charge in [-0.25, -0.2) is 9.97 Å². The molecular formula is C11H19N3O2. The molecule has 16 heavy (non-hydrogen) atoms. The van der Waals surface area contributed by atoms with Crippen molar-refractivity contribution in [3.63, 3.8) is 0 Å². The summed E-state index contributed by atoms with van der Waals surface area (Å²) in [6, 6.07) is 1.52. The quantitative estimate of drug-likeness (QED) is 0.686. The van der Waals surface area contributed by atoms with E-state index in [1.165, 1.54) is 0 Å². The van der Waals surface area contributed by atoms with Crippen LogP contribution < -0.4 is 5.32 Å². The van der Waals surface area contributed by atoms with Crippen LogP contribution in [0.15, 0.2) is 6.07 Å². The van der Waals surface area contributed by atoms with Crippen molar-refractivity contribution in [2.24, 2.45) is 0 Å². The van der Waals surface area contributed by atoms with Gasteiger partial charge in [-0.05, 0) is 18.9 Å². The van der Waals surface area contributed by atoms with Crippen LogP contribution in [0.3, 0.4) is 0 Å². The van der Waals surface area contributed by atoms with Gasteiger partial charge in [0.05, 0.1) is 19.3 Å². The highest BCUT2D eigenvalue weighted by molar-refractivity contribution is 5.30. The topological polar surface area (TPSA) is 78.3 Å². The van der Waals surface area contributed by atoms with E-state index >= 15 is 0 Å². The summed E-state index contributed by atoms with van der Waals surface area (Å²) >= 11 is 0. The molecule has 1 heterocycles. The number of rotatable bonds is 5. The van der Waals surface area contributed by atoms with Gasteiger partial charge in [-0.15, -0.1) is 0 Å². The Morgan fingerprint density at radius 2 is 1.88 bits per heavy atom. The molecule has 0 aliphatic carbocycles. The first-order valence-electron chi connectivity index (χ1n) is 5.40. The van der Waals surface area contributed by atoms with Gasteiger partial charge in [-0.1, -0.05) is 13.8 Å². The number of nitrogens with zero attached hydrogens (tertiary/aromatic N) is 2. The Kier molecular flexibility index (Phi) is 4.64. The molecule has 5 nitrogen and oxygen atoms in total. The molecule has 0 bridgehead atoms. The van der Waals surface area contributed by atoms with Crippen molar-refractivity contribution in [1.82, 2.24) is 9.97 Å². The van der Waals surface area contributed by atoms with Gasteiger partial charge in [0.25, 0.3) is 0 Å². The van der Waals surface area contributed by atoms with Gasteiger partial charge >= 0.3 is 0 Å². The highest BCUT2D eigenvalue weighted by Gasteiger charge is 2.10. The van der Waals surface area contributed by atoms with Gasteiger partial charge < -0.3 is 15.5 Å².